The van der Waals surface area contributed by atoms with E-state index in [1.165, 1.54) is 0 Å². The van der Waals surface area contributed by atoms with Crippen LogP contribution in [0.5, 0.6) is 0 Å². The van der Waals surface area contributed by atoms with Gasteiger partial charge in [0.05, 0.1) is 9.79 Å². The standard InChI is InChI=1S/C13H12O3S2.Li.Na.2H/c1-11-7-9-13(10-8-11)18(15)16-17(14)12-5-3-2-4-6-12;;;;/h2-10H,1H3;;;;/q;2*+1;2*-1. The van der Waals surface area contributed by atoms with Gasteiger partial charge in [-0.05, 0) is 31.2 Å². The summed E-state index contributed by atoms with van der Waals surface area (Å²) in [6, 6.07) is 15.7. The first-order valence-corrected chi connectivity index (χ1v) is 7.46. The summed E-state index contributed by atoms with van der Waals surface area (Å²) in [5.41, 5.74) is 1.07. The molecule has 0 fully saturated rings. The van der Waals surface area contributed by atoms with E-state index in [0.717, 1.165) is 5.56 Å². The molecule has 2 aromatic carbocycles. The molecule has 98 valence electrons. The van der Waals surface area contributed by atoms with Gasteiger partial charge in [-0.1, -0.05) is 35.9 Å². The van der Waals surface area contributed by atoms with Crippen molar-refractivity contribution in [3.8, 4) is 0 Å². The van der Waals surface area contributed by atoms with Crippen LogP contribution < -0.4 is 48.4 Å². The molecule has 0 radical (unpaired) electrons. The molecular formula is C13H14LiNaO3S2. The van der Waals surface area contributed by atoms with E-state index in [1.54, 1.807) is 36.4 Å². The third kappa shape index (κ3) is 5.96. The third-order valence-electron chi connectivity index (χ3n) is 2.27. The summed E-state index contributed by atoms with van der Waals surface area (Å²) < 4.78 is 28.6. The Morgan fingerprint density at radius 3 is 1.80 bits per heavy atom. The van der Waals surface area contributed by atoms with Crippen LogP contribution >= 0.6 is 0 Å². The number of benzene rings is 2. The van der Waals surface area contributed by atoms with E-state index >= 15 is 0 Å². The molecule has 20 heavy (non-hydrogen) atoms. The van der Waals surface area contributed by atoms with E-state index in [1.807, 2.05) is 25.1 Å². The molecule has 3 nitrogen and oxygen atoms in total. The molecule has 0 aromatic heterocycles. The topological polar surface area (TPSA) is 43.4 Å². The Balaban J connectivity index is -0.000000902. The van der Waals surface area contributed by atoms with Crippen molar-refractivity contribution in [2.45, 2.75) is 16.7 Å². The van der Waals surface area contributed by atoms with Gasteiger partial charge >= 0.3 is 48.4 Å². The summed E-state index contributed by atoms with van der Waals surface area (Å²) in [5, 5.41) is 0. The average Bonchev–Trinajstić information content (AvgIpc) is 2.40. The zero-order valence-corrected chi connectivity index (χ0v) is 15.4. The van der Waals surface area contributed by atoms with Gasteiger partial charge in [0.15, 0.2) is 0 Å². The smallest absolute Gasteiger partial charge is 1.00 e. The molecule has 0 saturated carbocycles. The van der Waals surface area contributed by atoms with Crippen LogP contribution in [0.25, 0.3) is 0 Å². The molecule has 0 amide bonds. The van der Waals surface area contributed by atoms with E-state index in [9.17, 15) is 8.42 Å². The first-order valence-electron chi connectivity index (χ1n) is 5.31. The predicted octanol–water partition coefficient (Wildman–Crippen LogP) is -3.01. The van der Waals surface area contributed by atoms with Gasteiger partial charge in [0.25, 0.3) is 0 Å². The van der Waals surface area contributed by atoms with Crippen LogP contribution in [0.1, 0.15) is 8.42 Å². The van der Waals surface area contributed by atoms with Crippen LogP contribution in [0.2, 0.25) is 0 Å². The normalized spacial score (nSPS) is 12.7. The Morgan fingerprint density at radius 2 is 1.30 bits per heavy atom. The van der Waals surface area contributed by atoms with Crippen LogP contribution in [0.3, 0.4) is 0 Å². The first-order chi connectivity index (χ1) is 8.66. The molecule has 0 N–H and O–H groups in total. The van der Waals surface area contributed by atoms with Gasteiger partial charge in [-0.3, -0.25) is 0 Å². The van der Waals surface area contributed by atoms with Gasteiger partial charge < -0.3 is 2.85 Å². The molecule has 0 aliphatic carbocycles. The minimum Gasteiger partial charge on any atom is -1.00 e. The van der Waals surface area contributed by atoms with Gasteiger partial charge in [-0.25, -0.2) is 8.42 Å². The molecule has 0 saturated heterocycles. The number of rotatable bonds is 4. The van der Waals surface area contributed by atoms with Crippen molar-refractivity contribution >= 4 is 22.2 Å². The number of hydrogen-bond donors (Lipinski definition) is 0. The second-order valence-corrected chi connectivity index (χ2v) is 6.09. The molecule has 0 spiro atoms. The minimum atomic E-state index is -1.72. The van der Waals surface area contributed by atoms with Crippen molar-refractivity contribution in [3.05, 3.63) is 60.2 Å². The van der Waals surface area contributed by atoms with Crippen LogP contribution in [0.4, 0.5) is 0 Å². The van der Waals surface area contributed by atoms with Crippen LogP contribution in [-0.4, -0.2) is 8.42 Å². The van der Waals surface area contributed by atoms with E-state index in [0.29, 0.717) is 9.79 Å². The fourth-order valence-electron chi connectivity index (χ4n) is 1.32. The SMILES string of the molecule is Cc1ccc(S(=O)OS(=O)c2ccccc2)cc1.[H-].[H-].[Li+].[Na+]. The fourth-order valence-corrected chi connectivity index (χ4v) is 3.13. The minimum absolute atomic E-state index is 0. The Hall–Kier alpha value is 0.297. The summed E-state index contributed by atoms with van der Waals surface area (Å²) in [6.45, 7) is 1.94. The van der Waals surface area contributed by atoms with Crippen molar-refractivity contribution in [3.63, 3.8) is 0 Å². The quantitative estimate of drug-likeness (QED) is 0.565. The van der Waals surface area contributed by atoms with Crippen molar-refractivity contribution in [2.24, 2.45) is 0 Å². The molecule has 0 heterocycles. The van der Waals surface area contributed by atoms with Gasteiger partial charge in [-0.2, -0.15) is 3.63 Å². The Labute approximate surface area is 161 Å². The van der Waals surface area contributed by atoms with Crippen molar-refractivity contribution in [1.29, 1.82) is 0 Å². The van der Waals surface area contributed by atoms with Gasteiger partial charge in [-0.15, -0.1) is 0 Å². The molecule has 2 rings (SSSR count). The fraction of sp³-hybridized carbons (Fsp3) is 0.0769. The summed E-state index contributed by atoms with van der Waals surface area (Å²) in [6.07, 6.45) is 0. The van der Waals surface area contributed by atoms with Crippen molar-refractivity contribution in [1.82, 2.24) is 0 Å². The summed E-state index contributed by atoms with van der Waals surface area (Å²) in [5.74, 6) is 0. The van der Waals surface area contributed by atoms with Crippen LogP contribution in [0, 0.1) is 6.92 Å². The van der Waals surface area contributed by atoms with Crippen molar-refractivity contribution < 1.29 is 63.3 Å². The molecule has 2 atom stereocenters. The summed E-state index contributed by atoms with van der Waals surface area (Å²) in [7, 11) is 0. The Morgan fingerprint density at radius 1 is 0.850 bits per heavy atom. The Bertz CT molecular complexity index is 586. The second kappa shape index (κ2) is 10.1. The van der Waals surface area contributed by atoms with Gasteiger partial charge in [0, 0.05) is 0 Å². The monoisotopic (exact) mass is 312 g/mol. The number of hydrogen-bond acceptors (Lipinski definition) is 3. The Kier molecular flexibility index (Phi) is 10.2. The average molecular weight is 312 g/mol. The van der Waals surface area contributed by atoms with E-state index in [2.05, 4.69) is 0 Å². The molecule has 2 aromatic rings. The molecule has 0 bridgehead atoms. The van der Waals surface area contributed by atoms with E-state index in [-0.39, 0.29) is 51.3 Å². The molecule has 2 unspecified atom stereocenters. The van der Waals surface area contributed by atoms with E-state index < -0.39 is 22.2 Å². The van der Waals surface area contributed by atoms with Gasteiger partial charge in [0.2, 0.25) is 22.2 Å². The zero-order valence-electron chi connectivity index (χ0n) is 13.7. The molecule has 0 aliphatic heterocycles. The maximum absolute atomic E-state index is 11.8. The van der Waals surface area contributed by atoms with Gasteiger partial charge in [0.1, 0.15) is 0 Å². The maximum Gasteiger partial charge on any atom is 1.00 e. The zero-order chi connectivity index (χ0) is 13.0. The van der Waals surface area contributed by atoms with Crippen LogP contribution in [-0.2, 0) is 25.8 Å². The summed E-state index contributed by atoms with van der Waals surface area (Å²) in [4.78, 5) is 1.00. The molecule has 7 heteroatoms. The third-order valence-corrected chi connectivity index (χ3v) is 4.58. The predicted molar refractivity (Wildman–Crippen MR) is 73.7 cm³/mol. The first kappa shape index (κ1) is 20.3. The maximum atomic E-state index is 11.8. The van der Waals surface area contributed by atoms with Crippen molar-refractivity contribution in [2.75, 3.05) is 0 Å². The largest absolute Gasteiger partial charge is 1.00 e. The van der Waals surface area contributed by atoms with Crippen LogP contribution in [0.15, 0.2) is 64.4 Å². The summed E-state index contributed by atoms with van der Waals surface area (Å²) >= 11 is -3.44. The second-order valence-electron chi connectivity index (χ2n) is 3.66. The number of aryl methyl sites for hydroxylation is 1. The molecule has 0 aliphatic rings. The molecular weight excluding hydrogens is 298 g/mol. The van der Waals surface area contributed by atoms with E-state index in [4.69, 9.17) is 3.63 Å².